The number of aliphatic hydroxyl groups is 1. The van der Waals surface area contributed by atoms with Crippen LogP contribution in [0.15, 0.2) is 125 Å². The van der Waals surface area contributed by atoms with Crippen molar-refractivity contribution in [2.75, 3.05) is 31.2 Å². The smallest absolute Gasteiger partial charge is 0.390 e. The summed E-state index contributed by atoms with van der Waals surface area (Å²) in [6.07, 6.45) is 9.75. The minimum atomic E-state index is -5.79. The highest BCUT2D eigenvalue weighted by Crippen LogP contribution is 2.66. The first-order valence-electron chi connectivity index (χ1n) is 28.3. The van der Waals surface area contributed by atoms with Crippen LogP contribution in [0.5, 0.6) is 0 Å². The zero-order valence-electron chi connectivity index (χ0n) is 50.1. The average Bonchev–Trinajstić information content (AvgIpc) is 1.78. The lowest BCUT2D eigenvalue weighted by Gasteiger charge is -2.31. The van der Waals surface area contributed by atoms with Gasteiger partial charge in [0.2, 0.25) is 5.69 Å². The Hall–Kier alpha value is -6.07. The maximum atomic E-state index is 13.1. The first-order valence-corrected chi connectivity index (χ1v) is 34.3. The van der Waals surface area contributed by atoms with Crippen molar-refractivity contribution in [3.8, 4) is 11.8 Å². The first-order chi connectivity index (χ1) is 41.0. The predicted molar refractivity (Wildman–Crippen MR) is 329 cm³/mol. The van der Waals surface area contributed by atoms with E-state index in [9.17, 15) is 56.5 Å². The molecule has 4 aliphatic rings. The maximum absolute atomic E-state index is 13.1. The Bertz CT molecular complexity index is 3750. The van der Waals surface area contributed by atoms with Crippen molar-refractivity contribution >= 4 is 68.0 Å². The first kappa shape index (κ1) is 69.4. The van der Waals surface area contributed by atoms with E-state index in [4.69, 9.17) is 25.0 Å². The number of carbonyl (C=O) groups excluding carboxylic acids is 1. The van der Waals surface area contributed by atoms with Gasteiger partial charge in [0.25, 0.3) is 15.8 Å². The fourth-order valence-corrected chi connectivity index (χ4v) is 14.6. The van der Waals surface area contributed by atoms with Crippen LogP contribution in [0.4, 0.5) is 17.1 Å². The summed E-state index contributed by atoms with van der Waals surface area (Å²) in [5, 5.41) is 23.2. The number of likely N-dealkylation sites (N-methyl/N-ethyl adjacent to an activating group) is 1. The van der Waals surface area contributed by atoms with Gasteiger partial charge in [0.1, 0.15) is 36.3 Å². The van der Waals surface area contributed by atoms with Crippen LogP contribution >= 0.6 is 23.5 Å². The number of unbranched alkanes of at least 4 members (excludes halogenated alkanes) is 2. The van der Waals surface area contributed by atoms with Gasteiger partial charge >= 0.3 is 23.5 Å². The molecule has 29 heteroatoms. The molecule has 3 unspecified atom stereocenters. The van der Waals surface area contributed by atoms with Gasteiger partial charge in [-0.2, -0.15) is 21.6 Å². The number of nitrogens with two attached hydrogens (primary N) is 1. The van der Waals surface area contributed by atoms with E-state index in [0.717, 1.165) is 36.3 Å². The molecule has 0 bridgehead atoms. The van der Waals surface area contributed by atoms with Crippen molar-refractivity contribution in [1.29, 1.82) is 0 Å². The second-order valence-electron chi connectivity index (χ2n) is 23.0. The molecule has 1 saturated heterocycles. The van der Waals surface area contributed by atoms with Gasteiger partial charge in [-0.05, 0) is 88.4 Å². The second kappa shape index (κ2) is 28.0. The Morgan fingerprint density at radius 1 is 0.977 bits per heavy atom. The Morgan fingerprint density at radius 3 is 2.38 bits per heavy atom. The number of aliphatic hydroxyl groups excluding tert-OH is 1. The number of amidine groups is 1. The van der Waals surface area contributed by atoms with Crippen LogP contribution in [0, 0.1) is 34.8 Å². The number of carbonyl (C=O) groups is 1. The maximum Gasteiger partial charge on any atom is 0.490 e. The number of ether oxygens (including phenoxy) is 2. The lowest BCUT2D eigenvalue weighted by molar-refractivity contribution is -0.438. The highest BCUT2D eigenvalue weighted by molar-refractivity contribution is 7.85. The Balaban J connectivity index is 0.928. The third-order valence-corrected chi connectivity index (χ3v) is 20.1. The summed E-state index contributed by atoms with van der Waals surface area (Å²) in [4.78, 5) is 69.7. The van der Waals surface area contributed by atoms with Crippen LogP contribution in [0.1, 0.15) is 127 Å². The van der Waals surface area contributed by atoms with E-state index >= 15 is 0 Å². The summed E-state index contributed by atoms with van der Waals surface area (Å²) in [7, 11) is -21.4. The number of rotatable bonds is 27. The van der Waals surface area contributed by atoms with E-state index in [0.29, 0.717) is 24.9 Å². The summed E-state index contributed by atoms with van der Waals surface area (Å²) in [5.41, 5.74) is 13.6. The number of phosphoric ester groups is 1. The summed E-state index contributed by atoms with van der Waals surface area (Å²) in [6, 6.07) is 15.8. The van der Waals surface area contributed by atoms with Crippen LogP contribution in [0.2, 0.25) is 0 Å². The minimum absolute atomic E-state index is 0.00902. The zero-order chi connectivity index (χ0) is 64.9. The molecule has 0 saturated carbocycles. The minimum Gasteiger partial charge on any atom is -0.390 e. The lowest BCUT2D eigenvalue weighted by Crippen LogP contribution is -2.36. The van der Waals surface area contributed by atoms with Crippen molar-refractivity contribution in [2.45, 2.75) is 141 Å². The standard InChI is InChI=1S/C59H75N6O19P3S/c1-10-62-48-28-24-39(4)31-46(48)58(6,7)53(62)22-14-11-15-23-54-59(8,9)47-33-44(88(77,78)79)26-29-49(47)63(54)30-18-12-13-20-43(66)21-17-16-19-41-25-27-45(50(32-41)65(68)69)56(38(2)3)80-36-42-35-64(40(5)61-57(42)60)55-34-51(67)52(82-55)37-81-86(73,74)84-87(75,76)83-85(70,71)72/h11,14-15,22-29,31-33,35,38,51-52,55-56,67H,5,10,12-13,17-18,20-21,30,34,36-37H2,1-4,6-9H3,(H6-,60,61,70,71,72,73,74,75,76,77,78,79)/p+1/t51-,52-,55-,56?/m1/s1. The predicted octanol–water partition coefficient (Wildman–Crippen LogP) is 9.86. The van der Waals surface area contributed by atoms with Gasteiger partial charge in [0.05, 0.1) is 46.2 Å². The van der Waals surface area contributed by atoms with Crippen molar-refractivity contribution in [1.82, 2.24) is 4.90 Å². The number of allylic oxidation sites excluding steroid dienone is 6. The summed E-state index contributed by atoms with van der Waals surface area (Å²) in [6.45, 7) is 20.5. The Labute approximate surface area is 512 Å². The van der Waals surface area contributed by atoms with E-state index in [1.54, 1.807) is 32.0 Å². The number of anilines is 1. The van der Waals surface area contributed by atoms with Crippen LogP contribution in [-0.4, -0.2) is 114 Å². The van der Waals surface area contributed by atoms with Crippen molar-refractivity contribution in [3.05, 3.63) is 153 Å². The number of nitro benzene ring substituents is 1. The van der Waals surface area contributed by atoms with E-state index < -0.39 is 75.1 Å². The van der Waals surface area contributed by atoms with Crippen molar-refractivity contribution < 1.29 is 88.3 Å². The van der Waals surface area contributed by atoms with Gasteiger partial charge in [-0.3, -0.25) is 24.0 Å². The average molecular weight is 1300 g/mol. The third kappa shape index (κ3) is 17.0. The van der Waals surface area contributed by atoms with Crippen molar-refractivity contribution in [2.24, 2.45) is 16.6 Å². The van der Waals surface area contributed by atoms with Gasteiger partial charge in [-0.25, -0.2) is 18.7 Å². The summed E-state index contributed by atoms with van der Waals surface area (Å²) in [5.74, 6) is 5.67. The van der Waals surface area contributed by atoms with Crippen LogP contribution in [0.3, 0.4) is 0 Å². The SMILES string of the molecule is C=C1N=C(N)C(COC(c2ccc(C#CCCC(=O)CCCCC[N+]3=C(/C=C/C=C/C=C4/N(CC)c5ccc(C)cc5C4(C)C)C(C)(C)c4cc(S(=O)(=O)O)ccc43)cc2[N+](=O)[O-])C(C)C)=CN1[C@H]1C[C@@H](O)[C@@H](COP(=O)(O)OP(=O)(O)OP(=O)(O)O)O1. The molecule has 7 rings (SSSR count). The van der Waals surface area contributed by atoms with Gasteiger partial charge in [0, 0.05) is 96.6 Å². The fraction of sp³-hybridized carbons (Fsp3) is 0.441. The van der Waals surface area contributed by atoms with Crippen LogP contribution in [0.25, 0.3) is 0 Å². The van der Waals surface area contributed by atoms with Crippen molar-refractivity contribution in [3.63, 3.8) is 0 Å². The monoisotopic (exact) mass is 1300 g/mol. The van der Waals surface area contributed by atoms with Gasteiger partial charge in [0.15, 0.2) is 5.71 Å². The molecular weight excluding hydrogens is 1220 g/mol. The number of hydrogen-bond acceptors (Lipinski definition) is 18. The number of Topliss-reactive ketones (excluding diaryl/α,β-unsaturated/α-hetero) is 1. The molecule has 0 aliphatic carbocycles. The number of nitrogens with zero attached hydrogens (tertiary/aromatic N) is 5. The Morgan fingerprint density at radius 2 is 1.70 bits per heavy atom. The largest absolute Gasteiger partial charge is 0.490 e. The highest BCUT2D eigenvalue weighted by Gasteiger charge is 2.46. The lowest BCUT2D eigenvalue weighted by atomic mass is 9.81. The number of hydrogen-bond donors (Lipinski definition) is 7. The molecule has 4 heterocycles. The quantitative estimate of drug-likeness (QED) is 0.00545. The highest BCUT2D eigenvalue weighted by atomic mass is 32.2. The molecule has 88 heavy (non-hydrogen) atoms. The van der Waals surface area contributed by atoms with Gasteiger partial charge < -0.3 is 49.7 Å². The molecule has 1 fully saturated rings. The number of ketones is 1. The third-order valence-electron chi connectivity index (χ3n) is 15.4. The number of benzene rings is 3. The molecular formula is C59H76N6O19P3S+. The normalized spacial score (nSPS) is 21.3. The van der Waals surface area contributed by atoms with E-state index in [2.05, 4.69) is 98.0 Å². The molecule has 0 aromatic heterocycles. The molecule has 3 aromatic carbocycles. The summed E-state index contributed by atoms with van der Waals surface area (Å²) < 4.78 is 95.7. The summed E-state index contributed by atoms with van der Waals surface area (Å²) >= 11 is 0. The second-order valence-corrected chi connectivity index (χ2v) is 28.8. The molecule has 6 atom stereocenters. The van der Waals surface area contributed by atoms with Crippen LogP contribution in [-0.2, 0) is 62.1 Å². The number of nitro groups is 1. The number of phosphoric acid groups is 3. The molecule has 0 radical (unpaired) electrons. The molecule has 476 valence electrons. The molecule has 0 amide bonds. The van der Waals surface area contributed by atoms with E-state index in [1.165, 1.54) is 51.8 Å². The van der Waals surface area contributed by atoms with Gasteiger partial charge in [-0.15, -0.1) is 0 Å². The fourth-order valence-electron chi connectivity index (χ4n) is 11.1. The van der Waals surface area contributed by atoms with E-state index in [1.807, 2.05) is 38.2 Å². The molecule has 3 aromatic rings. The Kier molecular flexibility index (Phi) is 22.1. The van der Waals surface area contributed by atoms with E-state index in [-0.39, 0.29) is 76.4 Å². The van der Waals surface area contributed by atoms with Crippen LogP contribution < -0.4 is 10.6 Å². The number of aryl methyl sites for hydroxylation is 1. The zero-order valence-corrected chi connectivity index (χ0v) is 53.6. The molecule has 0 spiro atoms. The molecule has 25 nitrogen and oxygen atoms in total. The molecule has 8 N–H and O–H groups in total. The molecule has 4 aliphatic heterocycles. The topological polar surface area (TPSA) is 361 Å². The number of fused-ring (bicyclic) bond motifs is 2. The number of aliphatic imine (C=N–C) groups is 1. The van der Waals surface area contributed by atoms with Gasteiger partial charge in [-0.1, -0.05) is 82.0 Å².